The van der Waals surface area contributed by atoms with Crippen LogP contribution in [0.2, 0.25) is 0 Å². The number of rotatable bonds is 4. The summed E-state index contributed by atoms with van der Waals surface area (Å²) in [5.74, 6) is 4.25. The molecule has 4 aliphatic rings. The Morgan fingerprint density at radius 1 is 0.929 bits per heavy atom. The molecule has 6 heteroatoms. The predicted octanol–water partition coefficient (Wildman–Crippen LogP) is 5.12. The van der Waals surface area contributed by atoms with E-state index in [-0.39, 0.29) is 5.75 Å². The van der Waals surface area contributed by atoms with E-state index >= 15 is 0 Å². The van der Waals surface area contributed by atoms with Gasteiger partial charge < -0.3 is 9.26 Å². The van der Waals surface area contributed by atoms with Crippen molar-refractivity contribution in [3.05, 3.63) is 47.5 Å². The third-order valence-electron chi connectivity index (χ3n) is 6.78. The summed E-state index contributed by atoms with van der Waals surface area (Å²) in [6.07, 6.45) is 6.60. The Morgan fingerprint density at radius 2 is 1.57 bits per heavy atom. The zero-order valence-electron chi connectivity index (χ0n) is 15.9. The van der Waals surface area contributed by atoms with Crippen molar-refractivity contribution in [1.29, 1.82) is 0 Å². The number of allylic oxidation sites excluding steroid dienone is 1. The molecule has 2 aromatic rings. The van der Waals surface area contributed by atoms with Crippen molar-refractivity contribution < 1.29 is 23.6 Å². The van der Waals surface area contributed by atoms with E-state index in [1.165, 1.54) is 37.7 Å². The molecule has 0 spiro atoms. The van der Waals surface area contributed by atoms with Crippen LogP contribution in [0.15, 0.2) is 42.0 Å². The Morgan fingerprint density at radius 3 is 2.18 bits per heavy atom. The maximum atomic E-state index is 11.2. The van der Waals surface area contributed by atoms with Gasteiger partial charge in [0.1, 0.15) is 11.5 Å². The maximum absolute atomic E-state index is 11.2. The van der Waals surface area contributed by atoms with Gasteiger partial charge in [-0.05, 0) is 90.3 Å². The van der Waals surface area contributed by atoms with Crippen LogP contribution >= 0.6 is 7.82 Å². The molecular formula is C22H25O5P. The minimum atomic E-state index is -4.57. The molecule has 5 nitrogen and oxygen atoms in total. The number of phosphoric ester groups is 1. The number of ether oxygens (including phenoxy) is 1. The molecular weight excluding hydrogens is 375 g/mol. The molecule has 0 aromatic heterocycles. The van der Waals surface area contributed by atoms with Crippen LogP contribution in [0.1, 0.15) is 37.7 Å². The maximum Gasteiger partial charge on any atom is 0.524 e. The van der Waals surface area contributed by atoms with Gasteiger partial charge in [0.25, 0.3) is 0 Å². The van der Waals surface area contributed by atoms with Crippen LogP contribution in [0.25, 0.3) is 16.5 Å². The first kappa shape index (κ1) is 18.2. The van der Waals surface area contributed by atoms with Crippen LogP contribution in [0.4, 0.5) is 0 Å². The smallest absolute Gasteiger partial charge is 0.496 e. The van der Waals surface area contributed by atoms with Gasteiger partial charge in [0.15, 0.2) is 0 Å². The lowest BCUT2D eigenvalue weighted by molar-refractivity contribution is 0.0675. The number of methoxy groups -OCH3 is 1. The fraction of sp³-hybridized carbons (Fsp3) is 0.455. The van der Waals surface area contributed by atoms with E-state index in [0.29, 0.717) is 11.8 Å². The molecule has 0 saturated heterocycles. The van der Waals surface area contributed by atoms with E-state index in [1.807, 2.05) is 18.2 Å². The predicted molar refractivity (Wildman–Crippen MR) is 108 cm³/mol. The van der Waals surface area contributed by atoms with Gasteiger partial charge in [-0.25, -0.2) is 4.57 Å². The van der Waals surface area contributed by atoms with Crippen molar-refractivity contribution >= 4 is 24.4 Å². The third kappa shape index (κ3) is 3.26. The van der Waals surface area contributed by atoms with Crippen molar-refractivity contribution in [1.82, 2.24) is 0 Å². The topological polar surface area (TPSA) is 76.0 Å². The lowest BCUT2D eigenvalue weighted by atomic mass is 9.54. The van der Waals surface area contributed by atoms with Crippen LogP contribution in [-0.2, 0) is 9.30 Å². The Hall–Kier alpha value is -1.81. The van der Waals surface area contributed by atoms with E-state index in [4.69, 9.17) is 19.0 Å². The third-order valence-corrected chi connectivity index (χ3v) is 7.23. The molecule has 4 saturated carbocycles. The summed E-state index contributed by atoms with van der Waals surface area (Å²) < 4.78 is 21.9. The highest BCUT2D eigenvalue weighted by molar-refractivity contribution is 7.46. The summed E-state index contributed by atoms with van der Waals surface area (Å²) in [6.45, 7) is 0. The van der Waals surface area contributed by atoms with E-state index in [9.17, 15) is 4.57 Å². The molecule has 0 unspecified atom stereocenters. The largest absolute Gasteiger partial charge is 0.524 e. The standard InChI is InChI=1S/C22H25O5P/c1-26-22(21-18-7-13-6-14(9-18)10-19(21)8-13)16-3-2-15-4-5-20(12-17(15)11-16)27-28(23,24)25/h2-5,11-14,18-19H,6-10H2,1H3,(H2,23,24,25). The van der Waals surface area contributed by atoms with Crippen molar-refractivity contribution in [2.24, 2.45) is 23.7 Å². The molecule has 0 amide bonds. The average molecular weight is 400 g/mol. The van der Waals surface area contributed by atoms with E-state index in [2.05, 4.69) is 6.07 Å². The minimum Gasteiger partial charge on any atom is -0.496 e. The Kier molecular flexibility index (Phi) is 4.31. The van der Waals surface area contributed by atoms with Gasteiger partial charge in [-0.3, -0.25) is 9.79 Å². The number of benzene rings is 2. The fourth-order valence-corrected chi connectivity index (χ4v) is 6.41. The molecule has 2 N–H and O–H groups in total. The molecule has 148 valence electrons. The second-order valence-electron chi connectivity index (χ2n) is 8.60. The molecule has 0 heterocycles. The number of hydrogen-bond acceptors (Lipinski definition) is 3. The first-order chi connectivity index (χ1) is 13.4. The van der Waals surface area contributed by atoms with Crippen molar-refractivity contribution in [3.8, 4) is 5.75 Å². The van der Waals surface area contributed by atoms with Crippen LogP contribution < -0.4 is 4.52 Å². The number of phosphoric acid groups is 1. The van der Waals surface area contributed by atoms with Gasteiger partial charge in [0.05, 0.1) is 7.11 Å². The van der Waals surface area contributed by atoms with Gasteiger partial charge in [0.2, 0.25) is 0 Å². The Balaban J connectivity index is 1.56. The summed E-state index contributed by atoms with van der Waals surface area (Å²) in [6, 6.07) is 11.2. The summed E-state index contributed by atoms with van der Waals surface area (Å²) in [5, 5.41) is 1.87. The minimum absolute atomic E-state index is 0.166. The summed E-state index contributed by atoms with van der Waals surface area (Å²) in [7, 11) is -2.82. The van der Waals surface area contributed by atoms with Crippen LogP contribution in [-0.4, -0.2) is 16.9 Å². The van der Waals surface area contributed by atoms with Crippen LogP contribution in [0.5, 0.6) is 5.75 Å². The molecule has 6 rings (SSSR count). The van der Waals surface area contributed by atoms with Gasteiger partial charge in [-0.15, -0.1) is 0 Å². The monoisotopic (exact) mass is 400 g/mol. The summed E-state index contributed by atoms with van der Waals surface area (Å²) in [4.78, 5) is 18.1. The van der Waals surface area contributed by atoms with Crippen LogP contribution in [0.3, 0.4) is 0 Å². The normalized spacial score (nSPS) is 28.6. The highest BCUT2D eigenvalue weighted by atomic mass is 31.2. The van der Waals surface area contributed by atoms with Crippen molar-refractivity contribution in [2.75, 3.05) is 7.11 Å². The highest BCUT2D eigenvalue weighted by Crippen LogP contribution is 2.58. The quantitative estimate of drug-likeness (QED) is 0.550. The van der Waals surface area contributed by atoms with Gasteiger partial charge >= 0.3 is 7.82 Å². The van der Waals surface area contributed by atoms with Crippen molar-refractivity contribution in [3.63, 3.8) is 0 Å². The second kappa shape index (κ2) is 6.62. The highest BCUT2D eigenvalue weighted by Gasteiger charge is 2.46. The zero-order chi connectivity index (χ0) is 19.5. The van der Waals surface area contributed by atoms with Crippen molar-refractivity contribution in [2.45, 2.75) is 32.1 Å². The molecule has 0 aliphatic heterocycles. The average Bonchev–Trinajstić information content (AvgIpc) is 2.62. The first-order valence-corrected chi connectivity index (χ1v) is 11.5. The molecule has 0 atom stereocenters. The fourth-order valence-electron chi connectivity index (χ4n) is 6.03. The Labute approximate surface area is 164 Å². The molecule has 4 aliphatic carbocycles. The molecule has 0 radical (unpaired) electrons. The number of fused-ring (bicyclic) bond motifs is 1. The second-order valence-corrected chi connectivity index (χ2v) is 9.76. The van der Waals surface area contributed by atoms with Crippen LogP contribution in [0, 0.1) is 23.7 Å². The Bertz CT molecular complexity index is 975. The van der Waals surface area contributed by atoms with Gasteiger partial charge in [0, 0.05) is 5.56 Å². The first-order valence-electron chi connectivity index (χ1n) is 9.97. The lowest BCUT2D eigenvalue weighted by Crippen LogP contribution is -2.40. The summed E-state index contributed by atoms with van der Waals surface area (Å²) >= 11 is 0. The van der Waals surface area contributed by atoms with Gasteiger partial charge in [-0.1, -0.05) is 18.2 Å². The SMILES string of the molecule is COC(=C1C2CC3CC(C2)CC1C3)c1ccc2ccc(OP(=O)(O)O)cc2c1. The molecule has 4 fully saturated rings. The molecule has 4 bridgehead atoms. The zero-order valence-corrected chi connectivity index (χ0v) is 16.8. The number of hydrogen-bond donors (Lipinski definition) is 2. The van der Waals surface area contributed by atoms with Gasteiger partial charge in [-0.2, -0.15) is 0 Å². The van der Waals surface area contributed by atoms with E-state index < -0.39 is 7.82 Å². The van der Waals surface area contributed by atoms with E-state index in [0.717, 1.165) is 33.9 Å². The molecule has 28 heavy (non-hydrogen) atoms. The summed E-state index contributed by atoms with van der Waals surface area (Å²) in [5.41, 5.74) is 2.53. The lowest BCUT2D eigenvalue weighted by Gasteiger charge is -2.51. The molecule has 2 aromatic carbocycles. The van der Waals surface area contributed by atoms with E-state index in [1.54, 1.807) is 19.2 Å².